The van der Waals surface area contributed by atoms with Crippen molar-refractivity contribution < 1.29 is 14.3 Å². The number of ether oxygens (including phenoxy) is 2. The third-order valence-electron chi connectivity index (χ3n) is 7.31. The zero-order chi connectivity index (χ0) is 25.4. The van der Waals surface area contributed by atoms with E-state index < -0.39 is 5.92 Å². The van der Waals surface area contributed by atoms with E-state index in [0.29, 0.717) is 6.54 Å². The lowest BCUT2D eigenvalue weighted by molar-refractivity contribution is -0.119. The Labute approximate surface area is 221 Å². The Balaban J connectivity index is 1.39. The fraction of sp³-hybridized carbons (Fsp3) is 0.333. The number of carbonyl (C=O) groups excluding carboxylic acids is 1. The number of hydrogen-bond donors (Lipinski definition) is 0. The molecule has 0 bridgehead atoms. The van der Waals surface area contributed by atoms with E-state index in [9.17, 15) is 4.79 Å². The molecule has 1 fully saturated rings. The molecule has 0 unspecified atom stereocenters. The van der Waals surface area contributed by atoms with Gasteiger partial charge >= 0.3 is 0 Å². The van der Waals surface area contributed by atoms with Gasteiger partial charge in [0.1, 0.15) is 11.5 Å². The highest BCUT2D eigenvalue weighted by atomic mass is 32.1. The van der Waals surface area contributed by atoms with Crippen LogP contribution < -0.4 is 9.64 Å². The predicted molar refractivity (Wildman–Crippen MR) is 148 cm³/mol. The molecule has 190 valence electrons. The van der Waals surface area contributed by atoms with E-state index in [-0.39, 0.29) is 5.91 Å². The minimum absolute atomic E-state index is 0.0412. The Morgan fingerprint density at radius 3 is 2.30 bits per heavy atom. The number of benzene rings is 3. The number of thiazole rings is 1. The SMILES string of the molecule is Cc1ccc(C)c2sc(N(CCCN3CCOCC3)C(=O)C3c4ccccc4Oc4ccccc43)nc12. The maximum absolute atomic E-state index is 14.6. The maximum Gasteiger partial charge on any atom is 0.241 e. The number of morpholine rings is 1. The number of hydrogen-bond acceptors (Lipinski definition) is 6. The van der Waals surface area contributed by atoms with Crippen LogP contribution in [-0.4, -0.2) is 55.2 Å². The van der Waals surface area contributed by atoms with Gasteiger partial charge in [0.05, 0.1) is 29.3 Å². The van der Waals surface area contributed by atoms with Gasteiger partial charge in [-0.1, -0.05) is 59.9 Å². The van der Waals surface area contributed by atoms with Crippen LogP contribution in [0.5, 0.6) is 11.5 Å². The number of aryl methyl sites for hydroxylation is 2. The van der Waals surface area contributed by atoms with Crippen molar-refractivity contribution in [3.8, 4) is 11.5 Å². The average Bonchev–Trinajstić information content (AvgIpc) is 3.39. The fourth-order valence-corrected chi connectivity index (χ4v) is 6.42. The molecule has 2 aliphatic heterocycles. The van der Waals surface area contributed by atoms with E-state index >= 15 is 0 Å². The number of fused-ring (bicyclic) bond motifs is 3. The molecular formula is C30H31N3O3S. The lowest BCUT2D eigenvalue weighted by Gasteiger charge is -2.32. The summed E-state index contributed by atoms with van der Waals surface area (Å²) in [5.74, 6) is 1.07. The first-order valence-corrected chi connectivity index (χ1v) is 13.8. The third kappa shape index (κ3) is 4.63. The molecule has 3 aromatic carbocycles. The topological polar surface area (TPSA) is 54.9 Å². The molecule has 1 aromatic heterocycles. The van der Waals surface area contributed by atoms with Crippen LogP contribution in [0.1, 0.15) is 34.6 Å². The van der Waals surface area contributed by atoms with Crippen LogP contribution in [-0.2, 0) is 9.53 Å². The highest BCUT2D eigenvalue weighted by Gasteiger charge is 2.36. The predicted octanol–water partition coefficient (Wildman–Crippen LogP) is 5.91. The number of para-hydroxylation sites is 2. The fourth-order valence-electron chi connectivity index (χ4n) is 5.27. The first kappa shape index (κ1) is 24.1. The molecule has 37 heavy (non-hydrogen) atoms. The Morgan fingerprint density at radius 2 is 1.62 bits per heavy atom. The van der Waals surface area contributed by atoms with Gasteiger partial charge in [0.25, 0.3) is 0 Å². The van der Waals surface area contributed by atoms with Crippen molar-refractivity contribution in [1.29, 1.82) is 0 Å². The summed E-state index contributed by atoms with van der Waals surface area (Å²) < 4.78 is 12.8. The maximum atomic E-state index is 14.6. The second-order valence-corrected chi connectivity index (χ2v) is 10.8. The summed E-state index contributed by atoms with van der Waals surface area (Å²) >= 11 is 1.62. The van der Waals surface area contributed by atoms with E-state index in [4.69, 9.17) is 14.5 Å². The molecule has 4 aromatic rings. The van der Waals surface area contributed by atoms with Crippen LogP contribution in [0.4, 0.5) is 5.13 Å². The van der Waals surface area contributed by atoms with E-state index in [0.717, 1.165) is 82.8 Å². The molecule has 6 nitrogen and oxygen atoms in total. The molecule has 0 spiro atoms. The van der Waals surface area contributed by atoms with Crippen molar-refractivity contribution in [1.82, 2.24) is 9.88 Å². The molecule has 0 aliphatic carbocycles. The van der Waals surface area contributed by atoms with Crippen LogP contribution in [0, 0.1) is 13.8 Å². The highest BCUT2D eigenvalue weighted by molar-refractivity contribution is 7.22. The van der Waals surface area contributed by atoms with Crippen molar-refractivity contribution in [2.75, 3.05) is 44.3 Å². The minimum Gasteiger partial charge on any atom is -0.457 e. The van der Waals surface area contributed by atoms with Gasteiger partial charge in [-0.15, -0.1) is 0 Å². The molecule has 6 rings (SSSR count). The van der Waals surface area contributed by atoms with Gasteiger partial charge in [0.2, 0.25) is 5.91 Å². The zero-order valence-electron chi connectivity index (χ0n) is 21.3. The first-order chi connectivity index (χ1) is 18.1. The third-order valence-corrected chi connectivity index (χ3v) is 8.53. The zero-order valence-corrected chi connectivity index (χ0v) is 22.1. The van der Waals surface area contributed by atoms with E-state index in [1.807, 2.05) is 53.4 Å². The Kier molecular flexibility index (Phi) is 6.67. The number of anilines is 1. The summed E-state index contributed by atoms with van der Waals surface area (Å²) in [5, 5.41) is 0.765. The van der Waals surface area contributed by atoms with Gasteiger partial charge in [0, 0.05) is 37.3 Å². The number of nitrogens with zero attached hydrogens (tertiary/aromatic N) is 3. The van der Waals surface area contributed by atoms with E-state index in [1.165, 1.54) is 5.56 Å². The molecule has 7 heteroatoms. The molecular weight excluding hydrogens is 482 g/mol. The molecule has 1 amide bonds. The average molecular weight is 514 g/mol. The first-order valence-electron chi connectivity index (χ1n) is 12.9. The standard InChI is InChI=1S/C30H31N3O3S/c1-20-12-13-21(2)28-27(20)31-30(37-28)33(15-7-14-32-16-18-35-19-17-32)29(34)26-22-8-3-5-10-24(22)36-25-11-6-4-9-23(25)26/h3-6,8-13,26H,7,14-19H2,1-2H3. The second-order valence-electron chi connectivity index (χ2n) is 9.78. The van der Waals surface area contributed by atoms with Gasteiger partial charge < -0.3 is 9.47 Å². The van der Waals surface area contributed by atoms with Gasteiger partial charge in [-0.2, -0.15) is 0 Å². The summed E-state index contributed by atoms with van der Waals surface area (Å²) in [4.78, 5) is 23.9. The summed E-state index contributed by atoms with van der Waals surface area (Å²) in [6.07, 6.45) is 0.867. The molecule has 0 saturated carbocycles. The largest absolute Gasteiger partial charge is 0.457 e. The van der Waals surface area contributed by atoms with Gasteiger partial charge in [0.15, 0.2) is 5.13 Å². The monoisotopic (exact) mass is 513 g/mol. The van der Waals surface area contributed by atoms with Crippen LogP contribution in [0.25, 0.3) is 10.2 Å². The number of rotatable bonds is 6. The van der Waals surface area contributed by atoms with Crippen LogP contribution >= 0.6 is 11.3 Å². The van der Waals surface area contributed by atoms with Crippen molar-refractivity contribution in [3.05, 3.63) is 82.9 Å². The van der Waals surface area contributed by atoms with Crippen molar-refractivity contribution in [3.63, 3.8) is 0 Å². The Morgan fingerprint density at radius 1 is 0.973 bits per heavy atom. The lowest BCUT2D eigenvalue weighted by Crippen LogP contribution is -2.40. The molecule has 1 saturated heterocycles. The van der Waals surface area contributed by atoms with Crippen molar-refractivity contribution in [2.45, 2.75) is 26.2 Å². The lowest BCUT2D eigenvalue weighted by atomic mass is 9.87. The summed E-state index contributed by atoms with van der Waals surface area (Å²) in [5.41, 5.74) is 5.10. The molecule has 0 radical (unpaired) electrons. The smallest absolute Gasteiger partial charge is 0.241 e. The Bertz CT molecular complexity index is 1360. The summed E-state index contributed by atoms with van der Waals surface area (Å²) in [6.45, 7) is 9.15. The van der Waals surface area contributed by atoms with Gasteiger partial charge in [-0.3, -0.25) is 14.6 Å². The molecule has 3 heterocycles. The van der Waals surface area contributed by atoms with Crippen LogP contribution in [0.2, 0.25) is 0 Å². The summed E-state index contributed by atoms with van der Waals surface area (Å²) in [6, 6.07) is 20.0. The van der Waals surface area contributed by atoms with Crippen LogP contribution in [0.3, 0.4) is 0 Å². The Hall–Kier alpha value is -3.26. The molecule has 0 N–H and O–H groups in total. The minimum atomic E-state index is -0.446. The van der Waals surface area contributed by atoms with Gasteiger partial charge in [-0.05, 0) is 43.5 Å². The second kappa shape index (κ2) is 10.2. The van der Waals surface area contributed by atoms with Crippen LogP contribution in [0.15, 0.2) is 60.7 Å². The van der Waals surface area contributed by atoms with Crippen molar-refractivity contribution >= 4 is 32.6 Å². The quantitative estimate of drug-likeness (QED) is 0.321. The molecule has 2 aliphatic rings. The van der Waals surface area contributed by atoms with E-state index in [1.54, 1.807) is 11.3 Å². The van der Waals surface area contributed by atoms with Crippen molar-refractivity contribution in [2.24, 2.45) is 0 Å². The molecule has 0 atom stereocenters. The van der Waals surface area contributed by atoms with Gasteiger partial charge in [-0.25, -0.2) is 4.98 Å². The number of aromatic nitrogens is 1. The van der Waals surface area contributed by atoms with E-state index in [2.05, 4.69) is 30.9 Å². The number of carbonyl (C=O) groups is 1. The summed E-state index contributed by atoms with van der Waals surface area (Å²) in [7, 11) is 0. The number of amides is 1. The highest BCUT2D eigenvalue weighted by Crippen LogP contribution is 2.45. The normalized spacial score (nSPS) is 15.7.